The van der Waals surface area contributed by atoms with Crippen molar-refractivity contribution in [1.29, 1.82) is 0 Å². The molecule has 0 aliphatic rings. The monoisotopic (exact) mass is 292 g/mol. The van der Waals surface area contributed by atoms with Crippen LogP contribution in [0.25, 0.3) is 10.4 Å². The van der Waals surface area contributed by atoms with Gasteiger partial charge in [0, 0.05) is 19.9 Å². The molecule has 0 aliphatic heterocycles. The lowest BCUT2D eigenvalue weighted by Crippen LogP contribution is -2.22. The third kappa shape index (κ3) is 4.68. The lowest BCUT2D eigenvalue weighted by atomic mass is 10.2. The lowest BCUT2D eigenvalue weighted by Gasteiger charge is -2.09. The fraction of sp³-hybridized carbons (Fsp3) is 0.400. The molecule has 0 bridgehead atoms. The van der Waals surface area contributed by atoms with Crippen LogP contribution in [0.5, 0.6) is 0 Å². The Morgan fingerprint density at radius 3 is 2.90 bits per heavy atom. The topological polar surface area (TPSA) is 54.4 Å². The number of ether oxygens (including phenoxy) is 1. The minimum atomic E-state index is -0.399. The van der Waals surface area contributed by atoms with Crippen LogP contribution in [0, 0.1) is 0 Å². The fourth-order valence-electron chi connectivity index (χ4n) is 1.87. The molecule has 1 unspecified atom stereocenters. The van der Waals surface area contributed by atoms with Crippen LogP contribution in [-0.4, -0.2) is 36.5 Å². The first-order chi connectivity index (χ1) is 9.79. The van der Waals surface area contributed by atoms with Crippen molar-refractivity contribution in [1.82, 2.24) is 10.3 Å². The molecule has 2 rings (SSSR count). The van der Waals surface area contributed by atoms with Crippen molar-refractivity contribution in [2.24, 2.45) is 0 Å². The number of nitrogens with zero attached hydrogens (tertiary/aromatic N) is 1. The van der Waals surface area contributed by atoms with E-state index < -0.39 is 6.10 Å². The van der Waals surface area contributed by atoms with Gasteiger partial charge >= 0.3 is 0 Å². The van der Waals surface area contributed by atoms with Crippen molar-refractivity contribution in [3.05, 3.63) is 41.5 Å². The molecule has 0 radical (unpaired) electrons. The first kappa shape index (κ1) is 15.1. The molecular weight excluding hydrogens is 272 g/mol. The summed E-state index contributed by atoms with van der Waals surface area (Å²) in [5, 5.41) is 13.9. The van der Waals surface area contributed by atoms with Gasteiger partial charge in [-0.1, -0.05) is 30.3 Å². The number of aliphatic hydroxyl groups is 1. The summed E-state index contributed by atoms with van der Waals surface area (Å²) in [5.41, 5.74) is 1.20. The van der Waals surface area contributed by atoms with Gasteiger partial charge in [-0.25, -0.2) is 4.98 Å². The van der Waals surface area contributed by atoms with Gasteiger partial charge < -0.3 is 15.2 Å². The molecule has 20 heavy (non-hydrogen) atoms. The van der Waals surface area contributed by atoms with Crippen LogP contribution >= 0.6 is 11.3 Å². The van der Waals surface area contributed by atoms with E-state index in [1.165, 1.54) is 10.4 Å². The molecule has 2 N–H and O–H groups in total. The largest absolute Gasteiger partial charge is 0.391 e. The van der Waals surface area contributed by atoms with Crippen LogP contribution in [0.3, 0.4) is 0 Å². The quantitative estimate of drug-likeness (QED) is 0.733. The van der Waals surface area contributed by atoms with Gasteiger partial charge in [0.05, 0.1) is 17.6 Å². The van der Waals surface area contributed by atoms with E-state index >= 15 is 0 Å². The molecule has 5 heteroatoms. The maximum Gasteiger partial charge on any atom is 0.107 e. The molecule has 1 aromatic carbocycles. The molecule has 2 aromatic rings. The molecule has 0 saturated heterocycles. The van der Waals surface area contributed by atoms with Crippen LogP contribution in [0.4, 0.5) is 0 Å². The highest BCUT2D eigenvalue weighted by atomic mass is 32.1. The Balaban J connectivity index is 1.76. The molecule has 108 valence electrons. The van der Waals surface area contributed by atoms with Gasteiger partial charge in [-0.3, -0.25) is 0 Å². The van der Waals surface area contributed by atoms with E-state index in [2.05, 4.69) is 22.4 Å². The van der Waals surface area contributed by atoms with E-state index in [9.17, 15) is 5.11 Å². The molecule has 0 aliphatic carbocycles. The van der Waals surface area contributed by atoms with Crippen LogP contribution in [0.1, 0.15) is 11.4 Å². The Bertz CT molecular complexity index is 502. The highest BCUT2D eigenvalue weighted by Gasteiger charge is 2.05. The van der Waals surface area contributed by atoms with Crippen molar-refractivity contribution in [2.75, 3.05) is 20.3 Å². The van der Waals surface area contributed by atoms with Crippen LogP contribution in [0.2, 0.25) is 0 Å². The van der Waals surface area contributed by atoms with E-state index in [-0.39, 0.29) is 0 Å². The summed E-state index contributed by atoms with van der Waals surface area (Å²) in [6.07, 6.45) is 2.20. The molecule has 0 saturated carbocycles. The average Bonchev–Trinajstić information content (AvgIpc) is 2.94. The van der Waals surface area contributed by atoms with Crippen LogP contribution in [0.15, 0.2) is 36.5 Å². The van der Waals surface area contributed by atoms with E-state index in [4.69, 9.17) is 4.74 Å². The third-order valence-corrected chi connectivity index (χ3v) is 3.95. The number of rotatable bonds is 8. The summed E-state index contributed by atoms with van der Waals surface area (Å²) < 4.78 is 4.88. The fourth-order valence-corrected chi connectivity index (χ4v) is 2.76. The second-order valence-corrected chi connectivity index (χ2v) is 5.67. The summed E-state index contributed by atoms with van der Waals surface area (Å²) in [4.78, 5) is 5.60. The van der Waals surface area contributed by atoms with Gasteiger partial charge in [0.1, 0.15) is 5.01 Å². The molecule has 0 spiro atoms. The van der Waals surface area contributed by atoms with E-state index in [0.29, 0.717) is 13.0 Å². The average molecular weight is 292 g/mol. The molecule has 0 fully saturated rings. The maximum atomic E-state index is 9.52. The number of hydrogen-bond donors (Lipinski definition) is 2. The highest BCUT2D eigenvalue weighted by molar-refractivity contribution is 7.15. The minimum absolute atomic E-state index is 0.386. The SMILES string of the molecule is COCC(O)CCNCc1ncc(-c2ccccc2)s1. The summed E-state index contributed by atoms with van der Waals surface area (Å²) in [6.45, 7) is 1.87. The van der Waals surface area contributed by atoms with Crippen molar-refractivity contribution in [3.63, 3.8) is 0 Å². The molecule has 0 amide bonds. The number of hydrogen-bond acceptors (Lipinski definition) is 5. The molecular formula is C15H20N2O2S. The standard InChI is InChI=1S/C15H20N2O2S/c1-19-11-13(18)7-8-16-10-15-17-9-14(20-15)12-5-3-2-4-6-12/h2-6,9,13,16,18H,7-8,10-11H2,1H3. The number of nitrogens with one attached hydrogen (secondary N) is 1. The predicted molar refractivity (Wildman–Crippen MR) is 81.8 cm³/mol. The molecule has 1 heterocycles. The number of aromatic nitrogens is 1. The normalized spacial score (nSPS) is 12.5. The highest BCUT2D eigenvalue weighted by Crippen LogP contribution is 2.25. The molecule has 1 aromatic heterocycles. The minimum Gasteiger partial charge on any atom is -0.391 e. The van der Waals surface area contributed by atoms with Crippen molar-refractivity contribution >= 4 is 11.3 Å². The maximum absolute atomic E-state index is 9.52. The third-order valence-electron chi connectivity index (χ3n) is 2.90. The summed E-state index contributed by atoms with van der Waals surface area (Å²) in [5.74, 6) is 0. The van der Waals surface area contributed by atoms with Crippen molar-refractivity contribution in [3.8, 4) is 10.4 Å². The number of methoxy groups -OCH3 is 1. The zero-order valence-corrected chi connectivity index (χ0v) is 12.4. The molecule has 4 nitrogen and oxygen atoms in total. The van der Waals surface area contributed by atoms with E-state index in [1.807, 2.05) is 24.4 Å². The Hall–Kier alpha value is -1.27. The van der Waals surface area contributed by atoms with Crippen LogP contribution in [-0.2, 0) is 11.3 Å². The first-order valence-corrected chi connectivity index (χ1v) is 7.49. The van der Waals surface area contributed by atoms with Crippen molar-refractivity contribution in [2.45, 2.75) is 19.1 Å². The van der Waals surface area contributed by atoms with Gasteiger partial charge in [0.2, 0.25) is 0 Å². The van der Waals surface area contributed by atoms with Crippen LogP contribution < -0.4 is 5.32 Å². The zero-order chi connectivity index (χ0) is 14.2. The van der Waals surface area contributed by atoms with Gasteiger partial charge in [0.25, 0.3) is 0 Å². The van der Waals surface area contributed by atoms with Gasteiger partial charge in [0.15, 0.2) is 0 Å². The number of aliphatic hydroxyl groups excluding tert-OH is 1. The summed E-state index contributed by atoms with van der Waals surface area (Å²) in [6, 6.07) is 10.3. The second-order valence-electron chi connectivity index (χ2n) is 4.56. The Labute approximate surface area is 123 Å². The summed E-state index contributed by atoms with van der Waals surface area (Å²) in [7, 11) is 1.59. The second kappa shape index (κ2) is 8.11. The predicted octanol–water partition coefficient (Wildman–Crippen LogP) is 2.30. The first-order valence-electron chi connectivity index (χ1n) is 6.67. The Morgan fingerprint density at radius 1 is 1.35 bits per heavy atom. The molecule has 1 atom stereocenters. The van der Waals surface area contributed by atoms with Gasteiger partial charge in [-0.15, -0.1) is 11.3 Å². The van der Waals surface area contributed by atoms with E-state index in [1.54, 1.807) is 18.4 Å². The summed E-state index contributed by atoms with van der Waals surface area (Å²) >= 11 is 1.69. The number of thiazole rings is 1. The zero-order valence-electron chi connectivity index (χ0n) is 11.6. The van der Waals surface area contributed by atoms with E-state index in [0.717, 1.165) is 18.1 Å². The van der Waals surface area contributed by atoms with Crippen molar-refractivity contribution < 1.29 is 9.84 Å². The van der Waals surface area contributed by atoms with Gasteiger partial charge in [-0.2, -0.15) is 0 Å². The Kier molecular flexibility index (Phi) is 6.14. The number of benzene rings is 1. The smallest absolute Gasteiger partial charge is 0.107 e. The Morgan fingerprint density at radius 2 is 2.15 bits per heavy atom. The van der Waals surface area contributed by atoms with Gasteiger partial charge in [-0.05, 0) is 18.5 Å². The lowest BCUT2D eigenvalue weighted by molar-refractivity contribution is 0.0594.